The standard InChI is InChI=1S/C14H18BrF2N/c1-13(2)12(14(13,3)4)18-7-8-10(16)6-5-9(15)11(8)17/h5-6,12,18H,7H2,1-4H3. The van der Waals surface area contributed by atoms with E-state index in [0.29, 0.717) is 4.47 Å². The Labute approximate surface area is 115 Å². The number of halogens is 3. The van der Waals surface area contributed by atoms with E-state index in [-0.39, 0.29) is 29.0 Å². The van der Waals surface area contributed by atoms with Crippen molar-refractivity contribution in [2.75, 3.05) is 0 Å². The Morgan fingerprint density at radius 2 is 1.72 bits per heavy atom. The van der Waals surface area contributed by atoms with E-state index in [4.69, 9.17) is 0 Å². The van der Waals surface area contributed by atoms with Gasteiger partial charge >= 0.3 is 0 Å². The fraction of sp³-hybridized carbons (Fsp3) is 0.571. The maximum absolute atomic E-state index is 13.8. The molecular formula is C14H18BrF2N. The number of benzene rings is 1. The van der Waals surface area contributed by atoms with Gasteiger partial charge in [-0.05, 0) is 38.9 Å². The van der Waals surface area contributed by atoms with Crippen LogP contribution < -0.4 is 5.32 Å². The first-order chi connectivity index (χ1) is 8.19. The molecule has 100 valence electrons. The lowest BCUT2D eigenvalue weighted by Crippen LogP contribution is -2.23. The second-order valence-corrected chi connectivity index (χ2v) is 6.93. The van der Waals surface area contributed by atoms with E-state index in [1.807, 2.05) is 0 Å². The Bertz CT molecular complexity index is 469. The van der Waals surface area contributed by atoms with Crippen LogP contribution in [0.4, 0.5) is 8.78 Å². The average Bonchev–Trinajstić information content (AvgIpc) is 2.65. The molecule has 0 aromatic heterocycles. The molecule has 2 rings (SSSR count). The summed E-state index contributed by atoms with van der Waals surface area (Å²) in [5, 5.41) is 3.26. The zero-order valence-electron chi connectivity index (χ0n) is 11.1. The monoisotopic (exact) mass is 317 g/mol. The van der Waals surface area contributed by atoms with Gasteiger partial charge < -0.3 is 5.32 Å². The third kappa shape index (κ3) is 1.99. The molecule has 0 unspecified atom stereocenters. The summed E-state index contributed by atoms with van der Waals surface area (Å²) >= 11 is 3.08. The van der Waals surface area contributed by atoms with Gasteiger partial charge in [-0.15, -0.1) is 0 Å². The lowest BCUT2D eigenvalue weighted by molar-refractivity contribution is 0.457. The van der Waals surface area contributed by atoms with Crippen LogP contribution in [0.3, 0.4) is 0 Å². The average molecular weight is 318 g/mol. The number of nitrogens with one attached hydrogen (secondary N) is 1. The molecule has 1 saturated carbocycles. The quantitative estimate of drug-likeness (QED) is 0.822. The SMILES string of the molecule is CC1(C)C(NCc2c(F)ccc(Br)c2F)C1(C)C. The van der Waals surface area contributed by atoms with Gasteiger partial charge in [-0.2, -0.15) is 0 Å². The summed E-state index contributed by atoms with van der Waals surface area (Å²) < 4.78 is 27.7. The summed E-state index contributed by atoms with van der Waals surface area (Å²) in [6.45, 7) is 8.88. The van der Waals surface area contributed by atoms with Crippen LogP contribution in [0.5, 0.6) is 0 Å². The Kier molecular flexibility index (Phi) is 3.31. The van der Waals surface area contributed by atoms with Crippen LogP contribution in [0.25, 0.3) is 0 Å². The first-order valence-electron chi connectivity index (χ1n) is 6.05. The second kappa shape index (κ2) is 4.27. The van der Waals surface area contributed by atoms with E-state index in [2.05, 4.69) is 48.9 Å². The Morgan fingerprint density at radius 1 is 1.17 bits per heavy atom. The fourth-order valence-electron chi connectivity index (χ4n) is 2.64. The minimum atomic E-state index is -0.515. The molecule has 1 aromatic rings. The van der Waals surface area contributed by atoms with Gasteiger partial charge in [0.25, 0.3) is 0 Å². The van der Waals surface area contributed by atoms with Crippen molar-refractivity contribution in [3.05, 3.63) is 33.8 Å². The molecule has 0 amide bonds. The van der Waals surface area contributed by atoms with E-state index >= 15 is 0 Å². The maximum atomic E-state index is 13.8. The van der Waals surface area contributed by atoms with Crippen LogP contribution in [0.1, 0.15) is 33.3 Å². The van der Waals surface area contributed by atoms with Gasteiger partial charge in [0.2, 0.25) is 0 Å². The predicted octanol–water partition coefficient (Wildman–Crippen LogP) is 4.25. The molecule has 1 aliphatic rings. The van der Waals surface area contributed by atoms with E-state index < -0.39 is 11.6 Å². The highest BCUT2D eigenvalue weighted by Crippen LogP contribution is 2.62. The van der Waals surface area contributed by atoms with Crippen molar-refractivity contribution in [1.29, 1.82) is 0 Å². The van der Waals surface area contributed by atoms with E-state index in [9.17, 15) is 8.78 Å². The maximum Gasteiger partial charge on any atom is 0.144 e. The number of hydrogen-bond acceptors (Lipinski definition) is 1. The Morgan fingerprint density at radius 3 is 2.22 bits per heavy atom. The van der Waals surface area contributed by atoms with Crippen molar-refractivity contribution in [3.63, 3.8) is 0 Å². The normalized spacial score (nSPS) is 21.1. The van der Waals surface area contributed by atoms with Gasteiger partial charge in [0.05, 0.1) is 4.47 Å². The molecule has 0 heterocycles. The van der Waals surface area contributed by atoms with Gasteiger partial charge in [0, 0.05) is 18.2 Å². The molecule has 0 radical (unpaired) electrons. The molecule has 1 aliphatic carbocycles. The van der Waals surface area contributed by atoms with E-state index in [1.165, 1.54) is 12.1 Å². The summed E-state index contributed by atoms with van der Waals surface area (Å²) in [4.78, 5) is 0. The lowest BCUT2D eigenvalue weighted by atomic mass is 10.0. The van der Waals surface area contributed by atoms with Crippen molar-refractivity contribution >= 4 is 15.9 Å². The summed E-state index contributed by atoms with van der Waals surface area (Å²) in [5.41, 5.74) is 0.417. The number of rotatable bonds is 3. The molecule has 0 aliphatic heterocycles. The largest absolute Gasteiger partial charge is 0.309 e. The molecule has 1 N–H and O–H groups in total. The van der Waals surface area contributed by atoms with Gasteiger partial charge in [0.1, 0.15) is 11.6 Å². The highest BCUT2D eigenvalue weighted by Gasteiger charge is 2.64. The molecule has 1 fully saturated rings. The minimum Gasteiger partial charge on any atom is -0.309 e. The minimum absolute atomic E-state index is 0.0999. The summed E-state index contributed by atoms with van der Waals surface area (Å²) in [5.74, 6) is -1.02. The zero-order valence-corrected chi connectivity index (χ0v) is 12.7. The Balaban J connectivity index is 2.11. The summed E-state index contributed by atoms with van der Waals surface area (Å²) in [6.07, 6.45) is 0. The second-order valence-electron chi connectivity index (χ2n) is 6.08. The molecule has 0 atom stereocenters. The van der Waals surface area contributed by atoms with Crippen LogP contribution in [-0.2, 0) is 6.54 Å². The van der Waals surface area contributed by atoms with Gasteiger partial charge in [-0.3, -0.25) is 0 Å². The highest BCUT2D eigenvalue weighted by atomic mass is 79.9. The van der Waals surface area contributed by atoms with Gasteiger partial charge in [0.15, 0.2) is 0 Å². The summed E-state index contributed by atoms with van der Waals surface area (Å²) in [6, 6.07) is 2.95. The third-order valence-corrected chi connectivity index (χ3v) is 5.26. The fourth-order valence-corrected chi connectivity index (χ4v) is 3.01. The van der Waals surface area contributed by atoms with Crippen molar-refractivity contribution in [3.8, 4) is 0 Å². The topological polar surface area (TPSA) is 12.0 Å². The molecule has 0 saturated heterocycles. The third-order valence-electron chi connectivity index (χ3n) is 4.64. The van der Waals surface area contributed by atoms with Crippen molar-refractivity contribution in [2.45, 2.75) is 40.3 Å². The first kappa shape index (κ1) is 13.9. The summed E-state index contributed by atoms with van der Waals surface area (Å²) in [7, 11) is 0. The van der Waals surface area contributed by atoms with E-state index in [1.54, 1.807) is 0 Å². The molecule has 0 bridgehead atoms. The van der Waals surface area contributed by atoms with Crippen LogP contribution in [0.15, 0.2) is 16.6 Å². The molecule has 0 spiro atoms. The van der Waals surface area contributed by atoms with Crippen molar-refractivity contribution in [2.24, 2.45) is 10.8 Å². The number of hydrogen-bond donors (Lipinski definition) is 1. The van der Waals surface area contributed by atoms with Crippen LogP contribution in [0, 0.1) is 22.5 Å². The zero-order chi connectivity index (χ0) is 13.7. The molecule has 1 nitrogen and oxygen atoms in total. The van der Waals surface area contributed by atoms with Crippen LogP contribution >= 0.6 is 15.9 Å². The molecule has 4 heteroatoms. The van der Waals surface area contributed by atoms with E-state index in [0.717, 1.165) is 0 Å². The van der Waals surface area contributed by atoms with Crippen molar-refractivity contribution < 1.29 is 8.78 Å². The molecule has 1 aromatic carbocycles. The van der Waals surface area contributed by atoms with Crippen LogP contribution in [0.2, 0.25) is 0 Å². The van der Waals surface area contributed by atoms with Gasteiger partial charge in [-0.25, -0.2) is 8.78 Å². The van der Waals surface area contributed by atoms with Gasteiger partial charge in [-0.1, -0.05) is 27.7 Å². The molecule has 18 heavy (non-hydrogen) atoms. The van der Waals surface area contributed by atoms with Crippen molar-refractivity contribution in [1.82, 2.24) is 5.32 Å². The first-order valence-corrected chi connectivity index (χ1v) is 6.84. The predicted molar refractivity (Wildman–Crippen MR) is 72.2 cm³/mol. The lowest BCUT2D eigenvalue weighted by Gasteiger charge is -2.09. The Hall–Kier alpha value is -0.480. The van der Waals surface area contributed by atoms with Crippen LogP contribution in [-0.4, -0.2) is 6.04 Å². The molecular weight excluding hydrogens is 300 g/mol. The smallest absolute Gasteiger partial charge is 0.144 e. The highest BCUT2D eigenvalue weighted by molar-refractivity contribution is 9.10.